The van der Waals surface area contributed by atoms with Crippen molar-refractivity contribution in [3.8, 4) is 16.9 Å². The Labute approximate surface area is 152 Å². The summed E-state index contributed by atoms with van der Waals surface area (Å²) < 4.78 is 6.06. The number of rotatable bonds is 6. The van der Waals surface area contributed by atoms with Crippen LogP contribution in [0.1, 0.15) is 17.2 Å². The second kappa shape index (κ2) is 7.53. The number of thiophene rings is 1. The number of nitrogens with zero attached hydrogens (tertiary/aromatic N) is 1. The van der Waals surface area contributed by atoms with Gasteiger partial charge in [0, 0.05) is 12.0 Å². The minimum atomic E-state index is 0.223. The van der Waals surface area contributed by atoms with E-state index >= 15 is 0 Å². The van der Waals surface area contributed by atoms with Crippen LogP contribution in [0, 0.1) is 0 Å². The standard InChI is InChI=1S/C21H20N2OS/c1-2-4-21(19(3-1)20-13-22-15-23-20)24-11-9-16-5-7-17(8-6-16)18-10-12-25-14-18/h1-8,10,12,14-15,20H,9,11,13H2,(H,22,23). The normalized spacial score (nSPS) is 15.9. The van der Waals surface area contributed by atoms with Gasteiger partial charge < -0.3 is 10.1 Å². The second-order valence-corrected chi connectivity index (χ2v) is 6.84. The summed E-state index contributed by atoms with van der Waals surface area (Å²) in [6.07, 6.45) is 2.67. The van der Waals surface area contributed by atoms with Crippen molar-refractivity contribution >= 4 is 17.7 Å². The number of aliphatic imine (C=N–C) groups is 1. The Morgan fingerprint density at radius 1 is 1.04 bits per heavy atom. The maximum absolute atomic E-state index is 6.06. The predicted octanol–water partition coefficient (Wildman–Crippen LogP) is 4.71. The van der Waals surface area contributed by atoms with Crippen LogP contribution in [0.2, 0.25) is 0 Å². The van der Waals surface area contributed by atoms with E-state index in [1.807, 2.05) is 18.2 Å². The van der Waals surface area contributed by atoms with Gasteiger partial charge in [-0.05, 0) is 39.6 Å². The quantitative estimate of drug-likeness (QED) is 0.700. The molecule has 1 N–H and O–H groups in total. The van der Waals surface area contributed by atoms with E-state index in [4.69, 9.17) is 4.74 Å². The molecule has 126 valence electrons. The van der Waals surface area contributed by atoms with E-state index < -0.39 is 0 Å². The lowest BCUT2D eigenvalue weighted by atomic mass is 10.1. The topological polar surface area (TPSA) is 33.6 Å². The molecule has 1 aromatic heterocycles. The summed E-state index contributed by atoms with van der Waals surface area (Å²) in [5.74, 6) is 0.945. The van der Waals surface area contributed by atoms with Crippen molar-refractivity contribution < 1.29 is 4.74 Å². The third-order valence-corrected chi connectivity index (χ3v) is 5.09. The zero-order valence-corrected chi connectivity index (χ0v) is 14.7. The summed E-state index contributed by atoms with van der Waals surface area (Å²) in [5.41, 5.74) is 5.02. The molecule has 0 saturated carbocycles. The Morgan fingerprint density at radius 2 is 1.92 bits per heavy atom. The number of para-hydroxylation sites is 1. The van der Waals surface area contributed by atoms with Gasteiger partial charge >= 0.3 is 0 Å². The lowest BCUT2D eigenvalue weighted by Gasteiger charge is -2.16. The van der Waals surface area contributed by atoms with Gasteiger partial charge in [-0.3, -0.25) is 4.99 Å². The molecular weight excluding hydrogens is 328 g/mol. The molecule has 0 fully saturated rings. The van der Waals surface area contributed by atoms with Gasteiger partial charge in [-0.2, -0.15) is 11.3 Å². The zero-order valence-electron chi connectivity index (χ0n) is 13.9. The van der Waals surface area contributed by atoms with Gasteiger partial charge in [-0.15, -0.1) is 0 Å². The van der Waals surface area contributed by atoms with Gasteiger partial charge in [-0.1, -0.05) is 42.5 Å². The average molecular weight is 348 g/mol. The number of hydrogen-bond donors (Lipinski definition) is 1. The third kappa shape index (κ3) is 3.74. The molecule has 1 aliphatic rings. The molecule has 4 rings (SSSR count). The van der Waals surface area contributed by atoms with Gasteiger partial charge in [0.2, 0.25) is 0 Å². The van der Waals surface area contributed by atoms with Crippen molar-refractivity contribution in [2.45, 2.75) is 12.5 Å². The fourth-order valence-corrected chi connectivity index (χ4v) is 3.68. The smallest absolute Gasteiger partial charge is 0.124 e. The fourth-order valence-electron chi connectivity index (χ4n) is 3.01. The number of ether oxygens (including phenoxy) is 1. The summed E-state index contributed by atoms with van der Waals surface area (Å²) in [6, 6.07) is 19.3. The van der Waals surface area contributed by atoms with E-state index in [-0.39, 0.29) is 6.04 Å². The van der Waals surface area contributed by atoms with E-state index in [0.29, 0.717) is 6.61 Å². The molecule has 2 heterocycles. The van der Waals surface area contributed by atoms with Crippen molar-refractivity contribution in [3.05, 3.63) is 76.5 Å². The first kappa shape index (κ1) is 15.9. The number of benzene rings is 2. The summed E-state index contributed by atoms with van der Waals surface area (Å²) in [7, 11) is 0. The Hall–Kier alpha value is -2.59. The molecular formula is C21H20N2OS. The minimum absolute atomic E-state index is 0.223. The molecule has 3 aromatic rings. The van der Waals surface area contributed by atoms with Crippen LogP contribution in [0.15, 0.2) is 70.3 Å². The van der Waals surface area contributed by atoms with Crippen LogP contribution >= 0.6 is 11.3 Å². The Balaban J connectivity index is 1.36. The monoisotopic (exact) mass is 348 g/mol. The van der Waals surface area contributed by atoms with Crippen LogP contribution in [-0.2, 0) is 6.42 Å². The van der Waals surface area contributed by atoms with Crippen LogP contribution < -0.4 is 10.1 Å². The lowest BCUT2D eigenvalue weighted by Crippen LogP contribution is -2.17. The molecule has 1 aliphatic heterocycles. The second-order valence-electron chi connectivity index (χ2n) is 6.06. The van der Waals surface area contributed by atoms with Crippen molar-refractivity contribution in [1.29, 1.82) is 0 Å². The van der Waals surface area contributed by atoms with Gasteiger partial charge in [0.25, 0.3) is 0 Å². The van der Waals surface area contributed by atoms with E-state index in [1.54, 1.807) is 17.7 Å². The largest absolute Gasteiger partial charge is 0.493 e. The summed E-state index contributed by atoms with van der Waals surface area (Å²) >= 11 is 1.73. The number of nitrogens with one attached hydrogen (secondary N) is 1. The molecule has 4 heteroatoms. The molecule has 0 aliphatic carbocycles. The van der Waals surface area contributed by atoms with Crippen LogP contribution in [0.5, 0.6) is 5.75 Å². The van der Waals surface area contributed by atoms with Crippen molar-refractivity contribution in [1.82, 2.24) is 5.32 Å². The predicted molar refractivity (Wildman–Crippen MR) is 105 cm³/mol. The lowest BCUT2D eigenvalue weighted by molar-refractivity contribution is 0.316. The highest BCUT2D eigenvalue weighted by molar-refractivity contribution is 7.08. The number of hydrogen-bond acceptors (Lipinski definition) is 4. The molecule has 1 unspecified atom stereocenters. The first-order valence-corrected chi connectivity index (χ1v) is 9.42. The molecule has 0 amide bonds. The molecule has 0 radical (unpaired) electrons. The van der Waals surface area contributed by atoms with Crippen molar-refractivity contribution in [2.75, 3.05) is 13.2 Å². The molecule has 25 heavy (non-hydrogen) atoms. The Bertz CT molecular complexity index is 833. The first-order chi connectivity index (χ1) is 12.4. The van der Waals surface area contributed by atoms with Crippen LogP contribution in [0.3, 0.4) is 0 Å². The summed E-state index contributed by atoms with van der Waals surface area (Å²) in [4.78, 5) is 4.25. The maximum Gasteiger partial charge on any atom is 0.124 e. The van der Waals surface area contributed by atoms with E-state index in [2.05, 4.69) is 57.5 Å². The molecule has 2 aromatic carbocycles. The maximum atomic E-state index is 6.06. The van der Waals surface area contributed by atoms with Crippen LogP contribution in [0.25, 0.3) is 11.1 Å². The molecule has 0 bridgehead atoms. The van der Waals surface area contributed by atoms with E-state index in [0.717, 1.165) is 18.7 Å². The summed E-state index contributed by atoms with van der Waals surface area (Å²) in [6.45, 7) is 1.44. The molecule has 0 saturated heterocycles. The molecule has 3 nitrogen and oxygen atoms in total. The highest BCUT2D eigenvalue weighted by atomic mass is 32.1. The van der Waals surface area contributed by atoms with Gasteiger partial charge in [-0.25, -0.2) is 0 Å². The SMILES string of the molecule is C1=NCC(c2ccccc2OCCc2ccc(-c3ccsc3)cc2)N1. The fraction of sp³-hybridized carbons (Fsp3) is 0.190. The zero-order chi connectivity index (χ0) is 16.9. The van der Waals surface area contributed by atoms with E-state index in [9.17, 15) is 0 Å². The highest BCUT2D eigenvalue weighted by Gasteiger charge is 2.17. The Morgan fingerprint density at radius 3 is 2.68 bits per heavy atom. The van der Waals surface area contributed by atoms with Crippen LogP contribution in [-0.4, -0.2) is 19.5 Å². The first-order valence-electron chi connectivity index (χ1n) is 8.48. The molecule has 1 atom stereocenters. The van der Waals surface area contributed by atoms with Crippen LogP contribution in [0.4, 0.5) is 0 Å². The molecule has 0 spiro atoms. The Kier molecular flexibility index (Phi) is 4.79. The van der Waals surface area contributed by atoms with E-state index in [1.165, 1.54) is 22.3 Å². The van der Waals surface area contributed by atoms with Gasteiger partial charge in [0.1, 0.15) is 5.75 Å². The highest BCUT2D eigenvalue weighted by Crippen LogP contribution is 2.27. The van der Waals surface area contributed by atoms with Crippen molar-refractivity contribution in [2.24, 2.45) is 4.99 Å². The minimum Gasteiger partial charge on any atom is -0.493 e. The van der Waals surface area contributed by atoms with Gasteiger partial charge in [0.15, 0.2) is 0 Å². The summed E-state index contributed by atoms with van der Waals surface area (Å²) in [5, 5.41) is 7.56. The average Bonchev–Trinajstić information content (AvgIpc) is 3.37. The van der Waals surface area contributed by atoms with Gasteiger partial charge in [0.05, 0.1) is 25.5 Å². The van der Waals surface area contributed by atoms with Crippen molar-refractivity contribution in [3.63, 3.8) is 0 Å². The third-order valence-electron chi connectivity index (χ3n) is 4.41.